The fourth-order valence-electron chi connectivity index (χ4n) is 7.15. The van der Waals surface area contributed by atoms with Crippen molar-refractivity contribution < 1.29 is 43.5 Å². The van der Waals surface area contributed by atoms with Gasteiger partial charge < -0.3 is 52.6 Å². The third-order valence-electron chi connectivity index (χ3n) is 10.7. The topological polar surface area (TPSA) is 274 Å². The van der Waals surface area contributed by atoms with Gasteiger partial charge in [0.15, 0.2) is 0 Å². The molecule has 10 N–H and O–H groups in total. The highest BCUT2D eigenvalue weighted by molar-refractivity contribution is 5.98. The van der Waals surface area contributed by atoms with Gasteiger partial charge in [-0.25, -0.2) is 0 Å². The molecule has 7 amide bonds. The highest BCUT2D eigenvalue weighted by atomic mass is 16.4. The van der Waals surface area contributed by atoms with Crippen molar-refractivity contribution in [2.75, 3.05) is 13.1 Å². The lowest BCUT2D eigenvalue weighted by Crippen LogP contribution is -2.60. The maximum Gasteiger partial charge on any atom is 0.325 e. The average molecular weight is 840 g/mol. The van der Waals surface area contributed by atoms with Crippen LogP contribution in [0.5, 0.6) is 0 Å². The zero-order chi connectivity index (χ0) is 44.8. The van der Waals surface area contributed by atoms with Crippen molar-refractivity contribution in [1.29, 1.82) is 0 Å². The molecular formula is C42H65N9O9. The number of carbonyl (C=O) groups is 8. The maximum atomic E-state index is 14.4. The number of benzene rings is 1. The number of aromatic nitrogens is 1. The number of fused-ring (bicyclic) bond motifs is 1. The van der Waals surface area contributed by atoms with E-state index in [1.165, 1.54) is 18.7 Å². The number of carboxylic acids is 1. The summed E-state index contributed by atoms with van der Waals surface area (Å²) < 4.78 is 0. The molecule has 2 aromatic rings. The molecular weight excluding hydrogens is 775 g/mol. The number of H-pyrrole nitrogens is 1. The van der Waals surface area contributed by atoms with E-state index in [2.05, 4.69) is 36.9 Å². The summed E-state index contributed by atoms with van der Waals surface area (Å²) in [6.45, 7) is 13.8. The van der Waals surface area contributed by atoms with Gasteiger partial charge in [0.1, 0.15) is 42.3 Å². The van der Waals surface area contributed by atoms with E-state index in [-0.39, 0.29) is 37.8 Å². The van der Waals surface area contributed by atoms with E-state index >= 15 is 0 Å². The Balaban J connectivity index is 1.90. The fraction of sp³-hybridized carbons (Fsp3) is 0.619. The smallest absolute Gasteiger partial charge is 0.325 e. The number of carboxylic acid groups (broad SMARTS) is 1. The van der Waals surface area contributed by atoms with Crippen molar-refractivity contribution >= 4 is 58.2 Å². The molecule has 0 bridgehead atoms. The van der Waals surface area contributed by atoms with Crippen molar-refractivity contribution in [1.82, 2.24) is 41.8 Å². The Labute approximate surface area is 351 Å². The number of carbonyl (C=O) groups excluding carboxylic acids is 7. The molecule has 60 heavy (non-hydrogen) atoms. The van der Waals surface area contributed by atoms with Crippen molar-refractivity contribution in [3.63, 3.8) is 0 Å². The quantitative estimate of drug-likeness (QED) is 0.0806. The predicted octanol–water partition coefficient (Wildman–Crippen LogP) is 0.832. The molecule has 0 radical (unpaired) electrons. The number of hydrogen-bond donors (Lipinski definition) is 9. The summed E-state index contributed by atoms with van der Waals surface area (Å²) in [5.41, 5.74) is 7.06. The lowest BCUT2D eigenvalue weighted by Gasteiger charge is -2.31. The van der Waals surface area contributed by atoms with Crippen LogP contribution in [0.3, 0.4) is 0 Å². The van der Waals surface area contributed by atoms with Crippen LogP contribution < -0.4 is 37.6 Å². The van der Waals surface area contributed by atoms with Crippen LogP contribution in [0.25, 0.3) is 10.9 Å². The number of likely N-dealkylation sites (tertiary alicyclic amines) is 1. The van der Waals surface area contributed by atoms with Gasteiger partial charge >= 0.3 is 5.97 Å². The Morgan fingerprint density at radius 1 is 0.767 bits per heavy atom. The van der Waals surface area contributed by atoms with Gasteiger partial charge in [0.05, 0.1) is 6.54 Å². The minimum Gasteiger partial charge on any atom is -0.480 e. The Bertz CT molecular complexity index is 1850. The SMILES string of the molecule is CC[C@H](C)[C@H](NC(=O)[C@H](CC(C)C)NC(=O)[C@H](Cc1c[nH]c2ccccc12)NC(=O)[C@@H]1CCCN1C(=O)[C@H](CC(C)C)NC(=O)CN)C(=O)N[C@@H](C)C(=O)N[C@@H](C)C(=O)O. The zero-order valence-electron chi connectivity index (χ0n) is 36.1. The first-order valence-electron chi connectivity index (χ1n) is 20.9. The van der Waals surface area contributed by atoms with Crippen LogP contribution >= 0.6 is 0 Å². The first-order valence-corrected chi connectivity index (χ1v) is 20.9. The van der Waals surface area contributed by atoms with E-state index in [0.717, 1.165) is 16.5 Å². The molecule has 1 saturated heterocycles. The molecule has 0 saturated carbocycles. The first kappa shape index (κ1) is 48.8. The second-order valence-corrected chi connectivity index (χ2v) is 16.6. The number of aromatic amines is 1. The van der Waals surface area contributed by atoms with E-state index in [1.807, 2.05) is 58.9 Å². The minimum atomic E-state index is -1.25. The number of nitrogens with two attached hydrogens (primary N) is 1. The summed E-state index contributed by atoms with van der Waals surface area (Å²) in [4.78, 5) is 111. The Kier molecular flexibility index (Phi) is 18.5. The normalized spacial score (nSPS) is 17.4. The largest absolute Gasteiger partial charge is 0.480 e. The van der Waals surface area contributed by atoms with Gasteiger partial charge in [0.2, 0.25) is 41.4 Å². The van der Waals surface area contributed by atoms with Crippen LogP contribution in [0.1, 0.15) is 93.1 Å². The number of nitrogens with one attached hydrogen (secondary N) is 7. The van der Waals surface area contributed by atoms with E-state index in [9.17, 15) is 38.4 Å². The molecule has 2 heterocycles. The van der Waals surface area contributed by atoms with Gasteiger partial charge in [0, 0.05) is 30.1 Å². The van der Waals surface area contributed by atoms with Crippen molar-refractivity contribution in [2.45, 2.75) is 136 Å². The minimum absolute atomic E-state index is 0.0269. The summed E-state index contributed by atoms with van der Waals surface area (Å²) in [6, 6.07) is -0.145. The molecule has 332 valence electrons. The monoisotopic (exact) mass is 839 g/mol. The molecule has 0 unspecified atom stereocenters. The van der Waals surface area contributed by atoms with E-state index in [1.54, 1.807) is 13.1 Å². The predicted molar refractivity (Wildman–Crippen MR) is 225 cm³/mol. The lowest BCUT2D eigenvalue weighted by atomic mass is 9.96. The van der Waals surface area contributed by atoms with Crippen LogP contribution in [0.2, 0.25) is 0 Å². The summed E-state index contributed by atoms with van der Waals surface area (Å²) in [5.74, 6) is -5.91. The van der Waals surface area contributed by atoms with Gasteiger partial charge in [-0.15, -0.1) is 0 Å². The van der Waals surface area contributed by atoms with Crippen molar-refractivity contribution in [3.8, 4) is 0 Å². The number of nitrogens with zero attached hydrogens (tertiary/aromatic N) is 1. The molecule has 3 rings (SSSR count). The summed E-state index contributed by atoms with van der Waals surface area (Å²) in [6.07, 6.45) is 3.59. The molecule has 1 aliphatic heterocycles. The molecule has 18 heteroatoms. The maximum absolute atomic E-state index is 14.4. The summed E-state index contributed by atoms with van der Waals surface area (Å²) in [5, 5.41) is 26.0. The van der Waals surface area contributed by atoms with E-state index in [4.69, 9.17) is 10.8 Å². The average Bonchev–Trinajstić information content (AvgIpc) is 3.85. The van der Waals surface area contributed by atoms with Crippen molar-refractivity contribution in [2.24, 2.45) is 23.5 Å². The molecule has 1 aromatic heterocycles. The highest BCUT2D eigenvalue weighted by Gasteiger charge is 2.40. The number of amides is 7. The number of para-hydroxylation sites is 1. The van der Waals surface area contributed by atoms with Gasteiger partial charge in [-0.3, -0.25) is 38.4 Å². The summed E-state index contributed by atoms with van der Waals surface area (Å²) >= 11 is 0. The number of aliphatic carboxylic acids is 1. The molecule has 1 aliphatic rings. The van der Waals surface area contributed by atoms with Gasteiger partial charge in [-0.05, 0) is 68.9 Å². The molecule has 18 nitrogen and oxygen atoms in total. The van der Waals surface area contributed by atoms with Crippen molar-refractivity contribution in [3.05, 3.63) is 36.0 Å². The zero-order valence-corrected chi connectivity index (χ0v) is 36.1. The molecule has 0 aliphatic carbocycles. The van der Waals surface area contributed by atoms with Crippen LogP contribution in [-0.2, 0) is 44.8 Å². The third kappa shape index (κ3) is 13.8. The Hall–Kier alpha value is -5.52. The summed E-state index contributed by atoms with van der Waals surface area (Å²) in [7, 11) is 0. The van der Waals surface area contributed by atoms with Crippen LogP contribution in [0.4, 0.5) is 0 Å². The van der Waals surface area contributed by atoms with E-state index in [0.29, 0.717) is 25.7 Å². The molecule has 8 atom stereocenters. The van der Waals surface area contributed by atoms with Crippen LogP contribution in [-0.4, -0.2) is 118 Å². The number of rotatable bonds is 22. The molecule has 1 fully saturated rings. The molecule has 0 spiro atoms. The first-order chi connectivity index (χ1) is 28.3. The Morgan fingerprint density at radius 3 is 2.00 bits per heavy atom. The number of hydrogen-bond acceptors (Lipinski definition) is 9. The Morgan fingerprint density at radius 2 is 1.38 bits per heavy atom. The highest BCUT2D eigenvalue weighted by Crippen LogP contribution is 2.23. The van der Waals surface area contributed by atoms with E-state index < -0.39 is 95.5 Å². The van der Waals surface area contributed by atoms with Crippen LogP contribution in [0, 0.1) is 17.8 Å². The lowest BCUT2D eigenvalue weighted by molar-refractivity contribution is -0.142. The second-order valence-electron chi connectivity index (χ2n) is 16.6. The van der Waals surface area contributed by atoms with Gasteiger partial charge in [0.25, 0.3) is 0 Å². The van der Waals surface area contributed by atoms with Gasteiger partial charge in [-0.1, -0.05) is 66.2 Å². The fourth-order valence-corrected chi connectivity index (χ4v) is 7.15. The standard InChI is InChI=1S/C42H65N9O9/c1-9-24(6)35(40(57)45-25(7)36(53)46-26(8)42(59)60)50-38(55)30(17-22(2)3)48-37(54)31(19-27-21-44-29-14-11-10-13-28(27)29)49-39(56)33-15-12-16-51(33)41(58)32(18-23(4)5)47-34(52)20-43/h10-11,13-14,21-26,30-33,35,44H,9,12,15-20,43H2,1-8H3,(H,45,57)(H,46,53)(H,47,52)(H,48,54)(H,49,56)(H,50,55)(H,59,60)/t24-,25-,26-,30-,31-,32-,33-,35-/m0/s1. The van der Waals surface area contributed by atoms with Gasteiger partial charge in [-0.2, -0.15) is 0 Å². The second kappa shape index (κ2) is 22.7. The molecule has 1 aromatic carbocycles. The third-order valence-corrected chi connectivity index (χ3v) is 10.7. The van der Waals surface area contributed by atoms with Crippen LogP contribution in [0.15, 0.2) is 30.5 Å².